The first-order chi connectivity index (χ1) is 11.9. The zero-order valence-electron chi connectivity index (χ0n) is 14.6. The Bertz CT molecular complexity index is 921. The molecule has 0 aliphatic rings. The van der Waals surface area contributed by atoms with Crippen LogP contribution >= 0.6 is 15.9 Å². The molecule has 3 heterocycles. The van der Waals surface area contributed by atoms with E-state index >= 15 is 0 Å². The molecule has 25 heavy (non-hydrogen) atoms. The maximum Gasteiger partial charge on any atom is 0.276 e. The van der Waals surface area contributed by atoms with Crippen LogP contribution in [0.3, 0.4) is 0 Å². The molecule has 0 bridgehead atoms. The summed E-state index contributed by atoms with van der Waals surface area (Å²) in [7, 11) is 0. The zero-order valence-corrected chi connectivity index (χ0v) is 16.2. The fraction of sp³-hybridized carbons (Fsp3) is 0.375. The molecule has 0 radical (unpaired) electrons. The molecule has 3 rings (SSSR count). The number of anilines is 1. The Morgan fingerprint density at radius 3 is 2.56 bits per heavy atom. The van der Waals surface area contributed by atoms with Crippen LogP contribution < -0.4 is 5.32 Å². The van der Waals surface area contributed by atoms with Crippen LogP contribution in [-0.4, -0.2) is 35.2 Å². The van der Waals surface area contributed by atoms with Crippen LogP contribution in [0.5, 0.6) is 0 Å². The molecular formula is C16H20BrN7O. The SMILES string of the molecule is CCn1ncc(NC(=O)c2ccn(Cn3nc(C)c(Br)c3C)n2)c1C. The predicted octanol–water partition coefficient (Wildman–Crippen LogP) is 2.74. The third-order valence-electron chi connectivity index (χ3n) is 4.10. The lowest BCUT2D eigenvalue weighted by molar-refractivity contribution is 0.102. The number of carbonyl (C=O) groups is 1. The fourth-order valence-electron chi connectivity index (χ4n) is 2.59. The van der Waals surface area contributed by atoms with Crippen molar-refractivity contribution in [1.29, 1.82) is 0 Å². The molecule has 0 spiro atoms. The fourth-order valence-corrected chi connectivity index (χ4v) is 2.87. The lowest BCUT2D eigenvalue weighted by Crippen LogP contribution is -2.16. The van der Waals surface area contributed by atoms with Crippen LogP contribution in [0.15, 0.2) is 22.9 Å². The van der Waals surface area contributed by atoms with Crippen molar-refractivity contribution < 1.29 is 4.79 Å². The maximum absolute atomic E-state index is 12.4. The molecule has 8 nitrogen and oxygen atoms in total. The Balaban J connectivity index is 1.73. The van der Waals surface area contributed by atoms with Gasteiger partial charge in [0.05, 0.1) is 33.4 Å². The summed E-state index contributed by atoms with van der Waals surface area (Å²) in [6.45, 7) is 9.05. The highest BCUT2D eigenvalue weighted by Gasteiger charge is 2.14. The highest BCUT2D eigenvalue weighted by molar-refractivity contribution is 9.10. The molecule has 9 heteroatoms. The first-order valence-electron chi connectivity index (χ1n) is 7.97. The van der Waals surface area contributed by atoms with Crippen molar-refractivity contribution in [3.8, 4) is 0 Å². The van der Waals surface area contributed by atoms with E-state index in [9.17, 15) is 4.79 Å². The molecule has 0 aliphatic carbocycles. The Kier molecular flexibility index (Phi) is 4.76. The Labute approximate surface area is 154 Å². The molecule has 1 N–H and O–H groups in total. The lowest BCUT2D eigenvalue weighted by atomic mass is 10.3. The molecule has 3 aromatic heterocycles. The second-order valence-corrected chi connectivity index (χ2v) is 6.57. The van der Waals surface area contributed by atoms with E-state index in [0.717, 1.165) is 28.1 Å². The van der Waals surface area contributed by atoms with Crippen molar-refractivity contribution >= 4 is 27.5 Å². The first kappa shape index (κ1) is 17.4. The van der Waals surface area contributed by atoms with Gasteiger partial charge in [0.15, 0.2) is 5.69 Å². The summed E-state index contributed by atoms with van der Waals surface area (Å²) >= 11 is 3.51. The minimum absolute atomic E-state index is 0.257. The average molecular weight is 406 g/mol. The van der Waals surface area contributed by atoms with E-state index < -0.39 is 0 Å². The Morgan fingerprint density at radius 1 is 1.20 bits per heavy atom. The van der Waals surface area contributed by atoms with E-state index in [1.807, 2.05) is 37.1 Å². The van der Waals surface area contributed by atoms with Gasteiger partial charge in [-0.25, -0.2) is 4.68 Å². The van der Waals surface area contributed by atoms with Crippen LogP contribution in [0.1, 0.15) is 34.5 Å². The van der Waals surface area contributed by atoms with E-state index in [4.69, 9.17) is 0 Å². The van der Waals surface area contributed by atoms with Gasteiger partial charge >= 0.3 is 0 Å². The number of halogens is 1. The summed E-state index contributed by atoms with van der Waals surface area (Å²) in [6, 6.07) is 1.69. The van der Waals surface area contributed by atoms with Crippen LogP contribution in [0.4, 0.5) is 5.69 Å². The van der Waals surface area contributed by atoms with Crippen molar-refractivity contribution in [2.24, 2.45) is 0 Å². The molecule has 3 aromatic rings. The van der Waals surface area contributed by atoms with Gasteiger partial charge in [0.25, 0.3) is 5.91 Å². The highest BCUT2D eigenvalue weighted by atomic mass is 79.9. The number of nitrogens with one attached hydrogen (secondary N) is 1. The molecule has 0 saturated heterocycles. The molecule has 0 aliphatic heterocycles. The summed E-state index contributed by atoms with van der Waals surface area (Å²) in [5.41, 5.74) is 3.91. The monoisotopic (exact) mass is 405 g/mol. The van der Waals surface area contributed by atoms with E-state index in [1.54, 1.807) is 23.1 Å². The van der Waals surface area contributed by atoms with Gasteiger partial charge in [-0.15, -0.1) is 0 Å². The third kappa shape index (κ3) is 3.37. The van der Waals surface area contributed by atoms with Gasteiger partial charge in [-0.05, 0) is 49.7 Å². The summed E-state index contributed by atoms with van der Waals surface area (Å²) in [5, 5.41) is 15.9. The average Bonchev–Trinajstić information content (AvgIpc) is 3.25. The molecule has 0 fully saturated rings. The van der Waals surface area contributed by atoms with Crippen LogP contribution in [0.2, 0.25) is 0 Å². The smallest absolute Gasteiger partial charge is 0.276 e. The molecule has 1 amide bonds. The van der Waals surface area contributed by atoms with Crippen LogP contribution in [0.25, 0.3) is 0 Å². The molecule has 132 valence electrons. The second-order valence-electron chi connectivity index (χ2n) is 5.78. The highest BCUT2D eigenvalue weighted by Crippen LogP contribution is 2.19. The van der Waals surface area contributed by atoms with Crippen molar-refractivity contribution in [3.05, 3.63) is 45.7 Å². The molecular weight excluding hydrogens is 386 g/mol. The number of aryl methyl sites for hydroxylation is 2. The minimum Gasteiger partial charge on any atom is -0.318 e. The van der Waals surface area contributed by atoms with Crippen molar-refractivity contribution in [2.75, 3.05) is 5.32 Å². The summed E-state index contributed by atoms with van der Waals surface area (Å²) in [4.78, 5) is 12.4. The summed E-state index contributed by atoms with van der Waals surface area (Å²) in [6.07, 6.45) is 3.42. The number of hydrogen-bond acceptors (Lipinski definition) is 4. The van der Waals surface area contributed by atoms with Gasteiger partial charge in [-0.2, -0.15) is 15.3 Å². The normalized spacial score (nSPS) is 11.1. The van der Waals surface area contributed by atoms with Crippen molar-refractivity contribution in [3.63, 3.8) is 0 Å². The number of aromatic nitrogens is 6. The zero-order chi connectivity index (χ0) is 18.1. The molecule has 0 atom stereocenters. The number of amides is 1. The van der Waals surface area contributed by atoms with Gasteiger partial charge in [-0.3, -0.25) is 14.2 Å². The van der Waals surface area contributed by atoms with Crippen LogP contribution in [0, 0.1) is 20.8 Å². The minimum atomic E-state index is -0.257. The van der Waals surface area contributed by atoms with Gasteiger partial charge in [0.2, 0.25) is 0 Å². The van der Waals surface area contributed by atoms with Crippen molar-refractivity contribution in [1.82, 2.24) is 29.3 Å². The maximum atomic E-state index is 12.4. The van der Waals surface area contributed by atoms with E-state index in [2.05, 4.69) is 36.5 Å². The van der Waals surface area contributed by atoms with Gasteiger partial charge in [-0.1, -0.05) is 0 Å². The molecule has 0 unspecified atom stereocenters. The summed E-state index contributed by atoms with van der Waals surface area (Å²) in [5.74, 6) is -0.257. The number of carbonyl (C=O) groups excluding carboxylic acids is 1. The molecule has 0 aromatic carbocycles. The Hall–Kier alpha value is -2.42. The predicted molar refractivity (Wildman–Crippen MR) is 97.6 cm³/mol. The number of rotatable bonds is 5. The summed E-state index contributed by atoms with van der Waals surface area (Å²) < 4.78 is 6.34. The first-order valence-corrected chi connectivity index (χ1v) is 8.76. The second kappa shape index (κ2) is 6.83. The van der Waals surface area contributed by atoms with E-state index in [0.29, 0.717) is 18.1 Å². The van der Waals surface area contributed by atoms with Crippen LogP contribution in [-0.2, 0) is 13.2 Å². The number of hydrogen-bond donors (Lipinski definition) is 1. The van der Waals surface area contributed by atoms with Gasteiger partial charge in [0.1, 0.15) is 6.67 Å². The van der Waals surface area contributed by atoms with Gasteiger partial charge < -0.3 is 5.32 Å². The van der Waals surface area contributed by atoms with E-state index in [-0.39, 0.29) is 5.91 Å². The lowest BCUT2D eigenvalue weighted by Gasteiger charge is -2.05. The van der Waals surface area contributed by atoms with Crippen molar-refractivity contribution in [2.45, 2.75) is 40.9 Å². The topological polar surface area (TPSA) is 82.6 Å². The largest absolute Gasteiger partial charge is 0.318 e. The number of nitrogens with zero attached hydrogens (tertiary/aromatic N) is 6. The third-order valence-corrected chi connectivity index (χ3v) is 5.24. The molecule has 0 saturated carbocycles. The van der Waals surface area contributed by atoms with E-state index in [1.165, 1.54) is 0 Å². The standard InChI is InChI=1S/C16H20BrN7O/c1-5-23-11(3)14(8-18-23)19-16(25)13-6-7-22(21-13)9-24-12(4)15(17)10(2)20-24/h6-8H,5,9H2,1-4H3,(H,19,25). The quantitative estimate of drug-likeness (QED) is 0.707. The van der Waals surface area contributed by atoms with Gasteiger partial charge in [0, 0.05) is 12.7 Å². The Morgan fingerprint density at radius 2 is 1.96 bits per heavy atom.